The number of imidazole rings is 1. The molecular formula is C20H27N5O2. The second-order valence-corrected chi connectivity index (χ2v) is 7.45. The quantitative estimate of drug-likeness (QED) is 0.873. The lowest BCUT2D eigenvalue weighted by molar-refractivity contribution is 0.0411. The van der Waals surface area contributed by atoms with Crippen molar-refractivity contribution in [2.75, 3.05) is 26.3 Å². The number of hydrogen-bond acceptors (Lipinski definition) is 5. The molecule has 7 nitrogen and oxygen atoms in total. The van der Waals surface area contributed by atoms with Gasteiger partial charge in [0.1, 0.15) is 11.5 Å². The summed E-state index contributed by atoms with van der Waals surface area (Å²) in [5.41, 5.74) is 1.47. The molecule has 2 aromatic heterocycles. The molecule has 1 amide bonds. The summed E-state index contributed by atoms with van der Waals surface area (Å²) in [6.07, 6.45) is 7.65. The van der Waals surface area contributed by atoms with Crippen LogP contribution in [-0.2, 0) is 17.8 Å². The SMILES string of the molecule is C[C@H]1c2nc(C(=O)NCc3cccnc3)cn2CCN1CC1CCOCC1. The van der Waals surface area contributed by atoms with Gasteiger partial charge in [0.2, 0.25) is 0 Å². The standard InChI is InChI=1S/C20H27N5O2/c1-15-19-23-18(20(26)22-12-17-3-2-6-21-11-17)14-25(19)8-7-24(15)13-16-4-9-27-10-5-16/h2-3,6,11,14-16H,4-5,7-10,12-13H2,1H3,(H,22,26)/t15-/m0/s1. The first-order valence-corrected chi connectivity index (χ1v) is 9.76. The Hall–Kier alpha value is -2.25. The summed E-state index contributed by atoms with van der Waals surface area (Å²) in [6, 6.07) is 4.04. The molecule has 2 aromatic rings. The number of pyridine rings is 1. The second kappa shape index (κ2) is 8.19. The maximum Gasteiger partial charge on any atom is 0.271 e. The summed E-state index contributed by atoms with van der Waals surface area (Å²) < 4.78 is 7.60. The Morgan fingerprint density at radius 3 is 2.96 bits per heavy atom. The predicted molar refractivity (Wildman–Crippen MR) is 101 cm³/mol. The maximum atomic E-state index is 12.5. The van der Waals surface area contributed by atoms with Crippen LogP contribution in [0.4, 0.5) is 0 Å². The number of carbonyl (C=O) groups excluding carboxylic acids is 1. The van der Waals surface area contributed by atoms with E-state index in [0.717, 1.165) is 57.1 Å². The smallest absolute Gasteiger partial charge is 0.271 e. The highest BCUT2D eigenvalue weighted by Crippen LogP contribution is 2.27. The van der Waals surface area contributed by atoms with Crippen molar-refractivity contribution in [2.24, 2.45) is 5.92 Å². The molecule has 7 heteroatoms. The molecule has 0 aromatic carbocycles. The van der Waals surface area contributed by atoms with Gasteiger partial charge in [-0.15, -0.1) is 0 Å². The highest BCUT2D eigenvalue weighted by Gasteiger charge is 2.29. The monoisotopic (exact) mass is 369 g/mol. The number of hydrogen-bond donors (Lipinski definition) is 1. The van der Waals surface area contributed by atoms with Crippen molar-refractivity contribution in [3.05, 3.63) is 47.8 Å². The number of ether oxygens (including phenoxy) is 1. The van der Waals surface area contributed by atoms with Crippen LogP contribution in [0.2, 0.25) is 0 Å². The van der Waals surface area contributed by atoms with E-state index in [9.17, 15) is 4.79 Å². The summed E-state index contributed by atoms with van der Waals surface area (Å²) in [5.74, 6) is 1.55. The number of fused-ring (bicyclic) bond motifs is 1. The highest BCUT2D eigenvalue weighted by molar-refractivity contribution is 5.92. The Kier molecular flexibility index (Phi) is 5.50. The number of rotatable bonds is 5. The van der Waals surface area contributed by atoms with E-state index >= 15 is 0 Å². The molecule has 1 N–H and O–H groups in total. The molecule has 0 saturated carbocycles. The molecule has 144 valence electrons. The van der Waals surface area contributed by atoms with E-state index in [1.54, 1.807) is 12.4 Å². The number of nitrogens with one attached hydrogen (secondary N) is 1. The van der Waals surface area contributed by atoms with Crippen molar-refractivity contribution in [1.82, 2.24) is 24.8 Å². The third-order valence-electron chi connectivity index (χ3n) is 5.60. The minimum Gasteiger partial charge on any atom is -0.381 e. The predicted octanol–water partition coefficient (Wildman–Crippen LogP) is 2.01. The minimum atomic E-state index is -0.135. The van der Waals surface area contributed by atoms with Crippen LogP contribution in [-0.4, -0.2) is 51.6 Å². The fraction of sp³-hybridized carbons (Fsp3) is 0.550. The van der Waals surface area contributed by atoms with Crippen molar-refractivity contribution in [3.8, 4) is 0 Å². The van der Waals surface area contributed by atoms with Gasteiger partial charge in [0, 0.05) is 58.0 Å². The number of aromatic nitrogens is 3. The van der Waals surface area contributed by atoms with Gasteiger partial charge in [-0.1, -0.05) is 6.07 Å². The summed E-state index contributed by atoms with van der Waals surface area (Å²) in [6.45, 7) is 7.37. The van der Waals surface area contributed by atoms with Crippen LogP contribution in [0.25, 0.3) is 0 Å². The first-order valence-electron chi connectivity index (χ1n) is 9.76. The third-order valence-corrected chi connectivity index (χ3v) is 5.60. The summed E-state index contributed by atoms with van der Waals surface area (Å²) >= 11 is 0. The van der Waals surface area contributed by atoms with Crippen LogP contribution in [0.1, 0.15) is 47.7 Å². The fourth-order valence-corrected chi connectivity index (χ4v) is 3.93. The van der Waals surface area contributed by atoms with Crippen molar-refractivity contribution in [1.29, 1.82) is 0 Å². The minimum absolute atomic E-state index is 0.135. The van der Waals surface area contributed by atoms with E-state index in [0.29, 0.717) is 18.2 Å². The van der Waals surface area contributed by atoms with Gasteiger partial charge in [0.15, 0.2) is 0 Å². The summed E-state index contributed by atoms with van der Waals surface area (Å²) in [5, 5.41) is 2.93. The molecule has 4 heterocycles. The van der Waals surface area contributed by atoms with Gasteiger partial charge in [0.05, 0.1) is 6.04 Å². The molecule has 0 spiro atoms. The molecule has 2 aliphatic rings. The lowest BCUT2D eigenvalue weighted by atomic mass is 9.98. The van der Waals surface area contributed by atoms with E-state index in [4.69, 9.17) is 4.74 Å². The molecule has 27 heavy (non-hydrogen) atoms. The Morgan fingerprint density at radius 2 is 2.19 bits per heavy atom. The van der Waals surface area contributed by atoms with Gasteiger partial charge in [-0.25, -0.2) is 4.98 Å². The first kappa shape index (κ1) is 18.1. The summed E-state index contributed by atoms with van der Waals surface area (Å²) in [4.78, 5) is 23.7. The zero-order valence-electron chi connectivity index (χ0n) is 15.8. The van der Waals surface area contributed by atoms with Gasteiger partial charge in [0.25, 0.3) is 5.91 Å². The van der Waals surface area contributed by atoms with Crippen LogP contribution in [0.5, 0.6) is 0 Å². The fourth-order valence-electron chi connectivity index (χ4n) is 3.93. The van der Waals surface area contributed by atoms with Crippen molar-refractivity contribution in [3.63, 3.8) is 0 Å². The average molecular weight is 369 g/mol. The lowest BCUT2D eigenvalue weighted by Gasteiger charge is -2.37. The molecule has 1 fully saturated rings. The van der Waals surface area contributed by atoms with Gasteiger partial charge >= 0.3 is 0 Å². The van der Waals surface area contributed by atoms with E-state index in [1.165, 1.54) is 0 Å². The molecule has 0 radical (unpaired) electrons. The molecule has 0 aliphatic carbocycles. The summed E-state index contributed by atoms with van der Waals surface area (Å²) in [7, 11) is 0. The van der Waals surface area contributed by atoms with Gasteiger partial charge in [-0.3, -0.25) is 14.7 Å². The molecule has 4 rings (SSSR count). The van der Waals surface area contributed by atoms with E-state index in [-0.39, 0.29) is 11.9 Å². The molecule has 1 atom stereocenters. The Bertz CT molecular complexity index is 770. The van der Waals surface area contributed by atoms with Gasteiger partial charge < -0.3 is 14.6 Å². The van der Waals surface area contributed by atoms with Crippen LogP contribution < -0.4 is 5.32 Å². The normalized spacial score (nSPS) is 21.0. The van der Waals surface area contributed by atoms with Gasteiger partial charge in [-0.05, 0) is 37.3 Å². The Balaban J connectivity index is 1.39. The van der Waals surface area contributed by atoms with Crippen LogP contribution in [0, 0.1) is 5.92 Å². The van der Waals surface area contributed by atoms with Crippen LogP contribution in [0.3, 0.4) is 0 Å². The number of nitrogens with zero attached hydrogens (tertiary/aromatic N) is 4. The molecule has 0 bridgehead atoms. The first-order chi connectivity index (χ1) is 13.2. The second-order valence-electron chi connectivity index (χ2n) is 7.45. The van der Waals surface area contributed by atoms with Crippen molar-refractivity contribution >= 4 is 5.91 Å². The Labute approximate surface area is 159 Å². The topological polar surface area (TPSA) is 72.3 Å². The third kappa shape index (κ3) is 4.20. The zero-order valence-corrected chi connectivity index (χ0v) is 15.8. The largest absolute Gasteiger partial charge is 0.381 e. The maximum absolute atomic E-state index is 12.5. The highest BCUT2D eigenvalue weighted by atomic mass is 16.5. The zero-order chi connectivity index (χ0) is 18.6. The van der Waals surface area contributed by atoms with Crippen molar-refractivity contribution < 1.29 is 9.53 Å². The molecular weight excluding hydrogens is 342 g/mol. The number of carbonyl (C=O) groups is 1. The molecule has 0 unspecified atom stereocenters. The number of amides is 1. The average Bonchev–Trinajstić information content (AvgIpc) is 3.15. The van der Waals surface area contributed by atoms with Crippen LogP contribution in [0.15, 0.2) is 30.7 Å². The molecule has 2 aliphatic heterocycles. The van der Waals surface area contributed by atoms with Crippen LogP contribution >= 0.6 is 0 Å². The van der Waals surface area contributed by atoms with Crippen molar-refractivity contribution in [2.45, 2.75) is 38.9 Å². The van der Waals surface area contributed by atoms with E-state index < -0.39 is 0 Å². The van der Waals surface area contributed by atoms with E-state index in [1.807, 2.05) is 18.3 Å². The molecule has 1 saturated heterocycles. The lowest BCUT2D eigenvalue weighted by Crippen LogP contribution is -2.40. The van der Waals surface area contributed by atoms with E-state index in [2.05, 4.69) is 31.7 Å². The van der Waals surface area contributed by atoms with Gasteiger partial charge in [-0.2, -0.15) is 0 Å². The Morgan fingerprint density at radius 1 is 1.33 bits per heavy atom.